The molecule has 19 heavy (non-hydrogen) atoms. The molecule has 0 aliphatic carbocycles. The van der Waals surface area contributed by atoms with Gasteiger partial charge >= 0.3 is 0 Å². The lowest BCUT2D eigenvalue weighted by molar-refractivity contribution is 0.612. The van der Waals surface area contributed by atoms with E-state index in [9.17, 15) is 4.39 Å². The van der Waals surface area contributed by atoms with Gasteiger partial charge in [-0.05, 0) is 30.7 Å². The summed E-state index contributed by atoms with van der Waals surface area (Å²) in [5.41, 5.74) is 2.07. The van der Waals surface area contributed by atoms with Crippen molar-refractivity contribution in [2.75, 3.05) is 5.32 Å². The van der Waals surface area contributed by atoms with Gasteiger partial charge in [-0.2, -0.15) is 0 Å². The van der Waals surface area contributed by atoms with Gasteiger partial charge in [-0.15, -0.1) is 0 Å². The molecule has 1 N–H and O–H groups in total. The molecule has 0 bridgehead atoms. The van der Waals surface area contributed by atoms with Crippen molar-refractivity contribution < 1.29 is 4.39 Å². The molecule has 2 rings (SSSR count). The van der Waals surface area contributed by atoms with Crippen LogP contribution in [0.1, 0.15) is 11.1 Å². The van der Waals surface area contributed by atoms with Crippen molar-refractivity contribution in [3.05, 3.63) is 56.0 Å². The van der Waals surface area contributed by atoms with Crippen molar-refractivity contribution >= 4 is 44.8 Å². The Bertz CT molecular complexity index is 597. The van der Waals surface area contributed by atoms with E-state index in [-0.39, 0.29) is 11.0 Å². The number of nitrogens with zero attached hydrogens (tertiary/aromatic N) is 1. The fraction of sp³-hybridized carbons (Fsp3) is 0.154. The summed E-state index contributed by atoms with van der Waals surface area (Å²) in [6.07, 6.45) is 0. The molecule has 0 spiro atoms. The Morgan fingerprint density at radius 1 is 1.32 bits per heavy atom. The summed E-state index contributed by atoms with van der Waals surface area (Å²) in [4.78, 5) is 3.95. The average molecular weight is 364 g/mol. The first kappa shape index (κ1) is 14.6. The van der Waals surface area contributed by atoms with E-state index < -0.39 is 0 Å². The maximum absolute atomic E-state index is 13.7. The molecular weight excluding hydrogens is 354 g/mol. The molecule has 1 aromatic carbocycles. The maximum atomic E-state index is 13.7. The van der Waals surface area contributed by atoms with Gasteiger partial charge in [-0.25, -0.2) is 9.37 Å². The fourth-order valence-electron chi connectivity index (χ4n) is 1.66. The predicted octanol–water partition coefficient (Wildman–Crippen LogP) is 5.21. The van der Waals surface area contributed by atoms with Crippen molar-refractivity contribution in [3.63, 3.8) is 0 Å². The van der Waals surface area contributed by atoms with Gasteiger partial charge in [0.15, 0.2) is 5.15 Å². The van der Waals surface area contributed by atoms with Gasteiger partial charge < -0.3 is 5.32 Å². The molecule has 0 atom stereocenters. The molecule has 6 heteroatoms. The smallest absolute Gasteiger partial charge is 0.154 e. The van der Waals surface area contributed by atoms with E-state index in [0.29, 0.717) is 27.4 Å². The number of hydrogen-bond acceptors (Lipinski definition) is 2. The van der Waals surface area contributed by atoms with Crippen LogP contribution in [0.5, 0.6) is 0 Å². The summed E-state index contributed by atoms with van der Waals surface area (Å²) in [6, 6.07) is 6.62. The van der Waals surface area contributed by atoms with Crippen LogP contribution in [0.2, 0.25) is 10.3 Å². The standard InChI is InChI=1S/C13H10BrCl2FN2/c1-7-4-11(15)19-13(16)12(7)18-6-8-2-3-9(14)5-10(8)17/h2-5,18H,6H2,1H3. The zero-order valence-electron chi connectivity index (χ0n) is 9.98. The molecule has 0 aliphatic rings. The van der Waals surface area contributed by atoms with Crippen LogP contribution in [-0.2, 0) is 6.54 Å². The number of anilines is 1. The summed E-state index contributed by atoms with van der Waals surface area (Å²) in [5.74, 6) is -0.280. The first-order chi connectivity index (χ1) is 8.97. The Labute approximate surface area is 129 Å². The Hall–Kier alpha value is -0.840. The highest BCUT2D eigenvalue weighted by atomic mass is 79.9. The van der Waals surface area contributed by atoms with Gasteiger partial charge in [-0.3, -0.25) is 0 Å². The highest BCUT2D eigenvalue weighted by Crippen LogP contribution is 2.27. The van der Waals surface area contributed by atoms with Gasteiger partial charge in [0.2, 0.25) is 0 Å². The van der Waals surface area contributed by atoms with E-state index in [4.69, 9.17) is 23.2 Å². The zero-order chi connectivity index (χ0) is 14.0. The Kier molecular flexibility index (Phi) is 4.66. The third-order valence-corrected chi connectivity index (χ3v) is 3.57. The molecule has 2 aromatic rings. The Morgan fingerprint density at radius 2 is 2.05 bits per heavy atom. The van der Waals surface area contributed by atoms with Crippen molar-refractivity contribution in [3.8, 4) is 0 Å². The molecule has 0 saturated carbocycles. The third kappa shape index (κ3) is 3.59. The topological polar surface area (TPSA) is 24.9 Å². The minimum absolute atomic E-state index is 0.280. The largest absolute Gasteiger partial charge is 0.378 e. The zero-order valence-corrected chi connectivity index (χ0v) is 13.1. The van der Waals surface area contributed by atoms with E-state index in [1.165, 1.54) is 6.07 Å². The Morgan fingerprint density at radius 3 is 2.68 bits per heavy atom. The number of pyridine rings is 1. The normalized spacial score (nSPS) is 10.6. The Balaban J connectivity index is 2.19. The number of rotatable bonds is 3. The minimum Gasteiger partial charge on any atom is -0.378 e. The van der Waals surface area contributed by atoms with Gasteiger partial charge in [-0.1, -0.05) is 45.2 Å². The molecular formula is C13H10BrCl2FN2. The second kappa shape index (κ2) is 6.07. The van der Waals surface area contributed by atoms with Gasteiger partial charge in [0.05, 0.1) is 5.69 Å². The molecule has 2 nitrogen and oxygen atoms in total. The third-order valence-electron chi connectivity index (χ3n) is 2.61. The van der Waals surface area contributed by atoms with Crippen LogP contribution >= 0.6 is 39.1 Å². The SMILES string of the molecule is Cc1cc(Cl)nc(Cl)c1NCc1ccc(Br)cc1F. The second-order valence-electron chi connectivity index (χ2n) is 4.02. The van der Waals surface area contributed by atoms with Gasteiger partial charge in [0.1, 0.15) is 11.0 Å². The molecule has 0 aliphatic heterocycles. The van der Waals surface area contributed by atoms with Crippen LogP contribution in [0.3, 0.4) is 0 Å². The molecule has 100 valence electrons. The number of aromatic nitrogens is 1. The quantitative estimate of drug-likeness (QED) is 0.757. The summed E-state index contributed by atoms with van der Waals surface area (Å²) in [6.45, 7) is 2.18. The van der Waals surface area contributed by atoms with Crippen LogP contribution in [0.25, 0.3) is 0 Å². The molecule has 0 saturated heterocycles. The van der Waals surface area contributed by atoms with E-state index in [1.54, 1.807) is 18.2 Å². The number of benzene rings is 1. The number of nitrogens with one attached hydrogen (secondary N) is 1. The first-order valence-electron chi connectivity index (χ1n) is 5.48. The highest BCUT2D eigenvalue weighted by Gasteiger charge is 2.09. The summed E-state index contributed by atoms with van der Waals surface area (Å²) >= 11 is 15.0. The summed E-state index contributed by atoms with van der Waals surface area (Å²) in [5, 5.41) is 3.69. The van der Waals surface area contributed by atoms with Crippen LogP contribution < -0.4 is 5.32 Å². The number of aryl methyl sites for hydroxylation is 1. The van der Waals surface area contributed by atoms with E-state index in [1.807, 2.05) is 6.92 Å². The number of hydrogen-bond donors (Lipinski definition) is 1. The van der Waals surface area contributed by atoms with Crippen molar-refractivity contribution in [1.29, 1.82) is 0 Å². The number of halogens is 4. The van der Waals surface area contributed by atoms with E-state index >= 15 is 0 Å². The minimum atomic E-state index is -0.280. The van der Waals surface area contributed by atoms with Crippen LogP contribution in [-0.4, -0.2) is 4.98 Å². The van der Waals surface area contributed by atoms with E-state index in [2.05, 4.69) is 26.2 Å². The van der Waals surface area contributed by atoms with E-state index in [0.717, 1.165) is 5.56 Å². The monoisotopic (exact) mass is 362 g/mol. The van der Waals surface area contributed by atoms with Crippen molar-refractivity contribution in [2.45, 2.75) is 13.5 Å². The maximum Gasteiger partial charge on any atom is 0.154 e. The molecule has 0 amide bonds. The lowest BCUT2D eigenvalue weighted by atomic mass is 10.2. The van der Waals surface area contributed by atoms with Gasteiger partial charge in [0, 0.05) is 16.6 Å². The fourth-order valence-corrected chi connectivity index (χ4v) is 2.59. The first-order valence-corrected chi connectivity index (χ1v) is 7.02. The lowest BCUT2D eigenvalue weighted by Crippen LogP contribution is -2.04. The van der Waals surface area contributed by atoms with Crippen molar-refractivity contribution in [1.82, 2.24) is 4.98 Å². The molecule has 1 heterocycles. The lowest BCUT2D eigenvalue weighted by Gasteiger charge is -2.12. The molecule has 0 fully saturated rings. The van der Waals surface area contributed by atoms with Crippen LogP contribution in [0.4, 0.5) is 10.1 Å². The van der Waals surface area contributed by atoms with Crippen LogP contribution in [0, 0.1) is 12.7 Å². The highest BCUT2D eigenvalue weighted by molar-refractivity contribution is 9.10. The predicted molar refractivity (Wildman–Crippen MR) is 80.4 cm³/mol. The summed E-state index contributed by atoms with van der Waals surface area (Å²) < 4.78 is 14.4. The second-order valence-corrected chi connectivity index (χ2v) is 5.68. The molecule has 0 radical (unpaired) electrons. The van der Waals surface area contributed by atoms with Gasteiger partial charge in [0.25, 0.3) is 0 Å². The molecule has 1 aromatic heterocycles. The van der Waals surface area contributed by atoms with Crippen molar-refractivity contribution in [2.24, 2.45) is 0 Å². The summed E-state index contributed by atoms with van der Waals surface area (Å²) in [7, 11) is 0. The average Bonchev–Trinajstić information content (AvgIpc) is 2.30. The molecule has 0 unspecified atom stereocenters. The van der Waals surface area contributed by atoms with Crippen LogP contribution in [0.15, 0.2) is 28.7 Å².